The lowest BCUT2D eigenvalue weighted by molar-refractivity contribution is -0.192. The number of carboxylic acids is 1. The van der Waals surface area contributed by atoms with Gasteiger partial charge in [0.25, 0.3) is 5.56 Å². The number of fused-ring (bicyclic) bond motifs is 1. The van der Waals surface area contributed by atoms with Crippen LogP contribution in [0.3, 0.4) is 0 Å². The first-order valence-electron chi connectivity index (χ1n) is 9.30. The Balaban J connectivity index is 0.000000339. The summed E-state index contributed by atoms with van der Waals surface area (Å²) in [6.07, 6.45) is -0.255. The number of carboxylic acid groups (broad SMARTS) is 1. The van der Waals surface area contributed by atoms with E-state index in [9.17, 15) is 18.0 Å². The van der Waals surface area contributed by atoms with Crippen LogP contribution < -0.4 is 10.9 Å². The van der Waals surface area contributed by atoms with Crippen LogP contribution in [0.15, 0.2) is 47.7 Å². The lowest BCUT2D eigenvalue weighted by Crippen LogP contribution is -2.27. The third-order valence-electron chi connectivity index (χ3n) is 4.41. The van der Waals surface area contributed by atoms with Crippen molar-refractivity contribution in [3.63, 3.8) is 0 Å². The van der Waals surface area contributed by atoms with E-state index in [2.05, 4.69) is 20.5 Å². The summed E-state index contributed by atoms with van der Waals surface area (Å²) in [4.78, 5) is 27.6. The number of hydrogen-bond donors (Lipinski definition) is 2. The van der Waals surface area contributed by atoms with Crippen LogP contribution in [0, 0.1) is 0 Å². The molecule has 0 fully saturated rings. The molecule has 0 saturated carbocycles. The number of para-hydroxylation sites is 1. The van der Waals surface area contributed by atoms with Crippen molar-refractivity contribution in [2.45, 2.75) is 25.6 Å². The number of hydrogen-bond acceptors (Lipinski definition) is 6. The molecule has 1 aliphatic rings. The summed E-state index contributed by atoms with van der Waals surface area (Å²) >= 11 is 0. The van der Waals surface area contributed by atoms with Gasteiger partial charge in [-0.2, -0.15) is 28.2 Å². The first kappa shape index (κ1) is 22.2. The van der Waals surface area contributed by atoms with E-state index in [-0.39, 0.29) is 5.56 Å². The molecule has 0 aliphatic carbocycles. The van der Waals surface area contributed by atoms with Crippen LogP contribution in [0.4, 0.5) is 13.2 Å². The van der Waals surface area contributed by atoms with Gasteiger partial charge in [0.15, 0.2) is 0 Å². The molecule has 0 radical (unpaired) electrons. The van der Waals surface area contributed by atoms with Crippen LogP contribution in [0.1, 0.15) is 17.0 Å². The van der Waals surface area contributed by atoms with Gasteiger partial charge < -0.3 is 10.4 Å². The van der Waals surface area contributed by atoms with E-state index >= 15 is 0 Å². The van der Waals surface area contributed by atoms with Crippen LogP contribution in [0.25, 0.3) is 5.69 Å². The normalized spacial score (nSPS) is 13.5. The molecule has 31 heavy (non-hydrogen) atoms. The number of aliphatic carboxylic acids is 1. The first-order chi connectivity index (χ1) is 14.8. The molecule has 3 heterocycles. The summed E-state index contributed by atoms with van der Waals surface area (Å²) in [7, 11) is 0. The van der Waals surface area contributed by atoms with E-state index in [0.717, 1.165) is 48.6 Å². The minimum Gasteiger partial charge on any atom is -0.475 e. The van der Waals surface area contributed by atoms with E-state index in [1.165, 1.54) is 0 Å². The second-order valence-electron chi connectivity index (χ2n) is 6.62. The van der Waals surface area contributed by atoms with Crippen molar-refractivity contribution in [1.82, 2.24) is 29.9 Å². The van der Waals surface area contributed by atoms with Gasteiger partial charge in [-0.1, -0.05) is 18.2 Å². The van der Waals surface area contributed by atoms with E-state index in [1.807, 2.05) is 30.3 Å². The summed E-state index contributed by atoms with van der Waals surface area (Å²) in [6.45, 7) is 2.06. The van der Waals surface area contributed by atoms with Crippen molar-refractivity contribution >= 4 is 5.97 Å². The fourth-order valence-electron chi connectivity index (χ4n) is 2.92. The summed E-state index contributed by atoms with van der Waals surface area (Å²) in [5, 5.41) is 19.2. The highest BCUT2D eigenvalue weighted by molar-refractivity contribution is 5.73. The summed E-state index contributed by atoms with van der Waals surface area (Å²) in [5.74, 6) is -2.76. The molecule has 12 heteroatoms. The van der Waals surface area contributed by atoms with Gasteiger partial charge in [0.1, 0.15) is 5.69 Å². The predicted molar refractivity (Wildman–Crippen MR) is 103 cm³/mol. The van der Waals surface area contributed by atoms with Crippen molar-refractivity contribution in [2.24, 2.45) is 0 Å². The Morgan fingerprint density at radius 1 is 1.16 bits per heavy atom. The summed E-state index contributed by atoms with van der Waals surface area (Å²) in [5.41, 5.74) is 3.38. The lowest BCUT2D eigenvalue weighted by atomic mass is 10.1. The molecule has 4 rings (SSSR count). The number of aromatic nitrogens is 5. The highest BCUT2D eigenvalue weighted by atomic mass is 19.4. The molecule has 0 amide bonds. The second-order valence-corrected chi connectivity index (χ2v) is 6.62. The highest BCUT2D eigenvalue weighted by Gasteiger charge is 2.38. The fraction of sp³-hybridized carbons (Fsp3) is 0.316. The van der Waals surface area contributed by atoms with Gasteiger partial charge in [-0.25, -0.2) is 9.78 Å². The number of halogens is 3. The zero-order chi connectivity index (χ0) is 22.4. The smallest absolute Gasteiger partial charge is 0.475 e. The Labute approximate surface area is 174 Å². The van der Waals surface area contributed by atoms with Gasteiger partial charge in [-0.15, -0.1) is 0 Å². The minimum atomic E-state index is -5.08. The van der Waals surface area contributed by atoms with Crippen molar-refractivity contribution in [1.29, 1.82) is 0 Å². The number of alkyl halides is 3. The zero-order valence-corrected chi connectivity index (χ0v) is 16.2. The van der Waals surface area contributed by atoms with Crippen molar-refractivity contribution in [3.8, 4) is 5.69 Å². The largest absolute Gasteiger partial charge is 0.490 e. The molecule has 164 valence electrons. The molecule has 0 spiro atoms. The SMILES string of the molecule is O=C(O)C(F)(F)F.O=c1c2c(ncn1Cc1cnn(-c3ccccc3)n1)CCNCC2. The molecule has 0 unspecified atom stereocenters. The van der Waals surface area contributed by atoms with Gasteiger partial charge in [0, 0.05) is 18.5 Å². The number of nitrogens with one attached hydrogen (secondary N) is 1. The molecule has 0 atom stereocenters. The maximum atomic E-state index is 12.7. The fourth-order valence-corrected chi connectivity index (χ4v) is 2.92. The number of nitrogens with zero attached hydrogens (tertiary/aromatic N) is 5. The summed E-state index contributed by atoms with van der Waals surface area (Å²) < 4.78 is 33.4. The Kier molecular flexibility index (Phi) is 6.80. The average Bonchev–Trinajstić information content (AvgIpc) is 3.06. The van der Waals surface area contributed by atoms with Crippen molar-refractivity contribution in [2.75, 3.05) is 13.1 Å². The standard InChI is InChI=1S/C17H18N6O.C2HF3O2/c24-17-15-6-8-18-9-7-16(15)19-12-22(17)11-13-10-20-23(21-13)14-4-2-1-3-5-14;3-2(4,5)1(6)7/h1-5,10,12,18H,6-9,11H2;(H,6,7). The van der Waals surface area contributed by atoms with Gasteiger partial charge in [-0.3, -0.25) is 9.36 Å². The number of carbonyl (C=O) groups is 1. The van der Waals surface area contributed by atoms with Gasteiger partial charge in [0.05, 0.1) is 30.5 Å². The Morgan fingerprint density at radius 2 is 1.84 bits per heavy atom. The van der Waals surface area contributed by atoms with Crippen molar-refractivity contribution in [3.05, 3.63) is 70.2 Å². The molecule has 2 N–H and O–H groups in total. The molecular weight excluding hydrogens is 417 g/mol. The molecule has 3 aromatic rings. The Morgan fingerprint density at radius 3 is 2.52 bits per heavy atom. The van der Waals surface area contributed by atoms with Crippen LogP contribution in [0.2, 0.25) is 0 Å². The van der Waals surface area contributed by atoms with E-state index in [4.69, 9.17) is 9.90 Å². The van der Waals surface area contributed by atoms with Crippen LogP contribution >= 0.6 is 0 Å². The van der Waals surface area contributed by atoms with E-state index in [0.29, 0.717) is 6.54 Å². The quantitative estimate of drug-likeness (QED) is 0.634. The molecule has 0 saturated heterocycles. The first-order valence-corrected chi connectivity index (χ1v) is 9.30. The zero-order valence-electron chi connectivity index (χ0n) is 16.2. The minimum absolute atomic E-state index is 0.0259. The van der Waals surface area contributed by atoms with Gasteiger partial charge in [-0.05, 0) is 25.1 Å². The highest BCUT2D eigenvalue weighted by Crippen LogP contribution is 2.13. The van der Waals surface area contributed by atoms with Crippen molar-refractivity contribution < 1.29 is 23.1 Å². The van der Waals surface area contributed by atoms with Crippen LogP contribution in [0.5, 0.6) is 0 Å². The maximum Gasteiger partial charge on any atom is 0.490 e. The second kappa shape index (κ2) is 9.51. The molecule has 2 aromatic heterocycles. The third-order valence-corrected chi connectivity index (χ3v) is 4.41. The molecular formula is C19H19F3N6O3. The molecule has 0 bridgehead atoms. The molecule has 1 aliphatic heterocycles. The number of rotatable bonds is 3. The topological polar surface area (TPSA) is 115 Å². The average molecular weight is 436 g/mol. The van der Waals surface area contributed by atoms with Gasteiger partial charge in [0.2, 0.25) is 0 Å². The monoisotopic (exact) mass is 436 g/mol. The van der Waals surface area contributed by atoms with Gasteiger partial charge >= 0.3 is 12.1 Å². The molecule has 9 nitrogen and oxygen atoms in total. The third kappa shape index (κ3) is 5.75. The Hall–Kier alpha value is -3.54. The van der Waals surface area contributed by atoms with E-state index < -0.39 is 12.1 Å². The van der Waals surface area contributed by atoms with Crippen LogP contribution in [-0.4, -0.2) is 54.9 Å². The summed E-state index contributed by atoms with van der Waals surface area (Å²) in [6, 6.07) is 9.70. The Bertz CT molecular complexity index is 1100. The number of benzene rings is 1. The molecule has 1 aromatic carbocycles. The van der Waals surface area contributed by atoms with Crippen LogP contribution in [-0.2, 0) is 24.2 Å². The predicted octanol–water partition coefficient (Wildman–Crippen LogP) is 1.19. The lowest BCUT2D eigenvalue weighted by Gasteiger charge is -2.08. The maximum absolute atomic E-state index is 12.7. The van der Waals surface area contributed by atoms with E-state index in [1.54, 1.807) is 21.9 Å².